The van der Waals surface area contributed by atoms with Crippen molar-refractivity contribution in [3.05, 3.63) is 18.2 Å². The van der Waals surface area contributed by atoms with Gasteiger partial charge in [-0.15, -0.1) is 0 Å². The highest BCUT2D eigenvalue weighted by Crippen LogP contribution is 2.28. The molecule has 25 heavy (non-hydrogen) atoms. The third kappa shape index (κ3) is 4.83. The van der Waals surface area contributed by atoms with Gasteiger partial charge in [-0.25, -0.2) is 18.5 Å². The number of hydrogen-bond donors (Lipinski definition) is 1. The molecule has 8 heteroatoms. The second-order valence-corrected chi connectivity index (χ2v) is 9.56. The quantitative estimate of drug-likeness (QED) is 0.741. The van der Waals surface area contributed by atoms with Gasteiger partial charge in [-0.2, -0.15) is 0 Å². The highest BCUT2D eigenvalue weighted by molar-refractivity contribution is 7.99. The number of sulfonamides is 1. The summed E-state index contributed by atoms with van der Waals surface area (Å²) >= 11 is 1.39. The maximum atomic E-state index is 12.2. The standard InChI is InChI=1S/C17H25N3O3S2/c1-5-6-9-20-14-8-7-12(25(18,22)23)10-13(14)19-16(20)24-11-15(21)17(2,3)4/h7-8,10H,5-6,9,11H2,1-4H3,(H2,18,22,23). The van der Waals surface area contributed by atoms with Gasteiger partial charge in [0.05, 0.1) is 21.7 Å². The topological polar surface area (TPSA) is 95.0 Å². The molecular formula is C17H25N3O3S2. The number of ketones is 1. The Balaban J connectivity index is 2.41. The zero-order valence-electron chi connectivity index (χ0n) is 15.1. The predicted molar refractivity (Wildman–Crippen MR) is 101 cm³/mol. The third-order valence-corrected chi connectivity index (χ3v) is 5.80. The number of aromatic nitrogens is 2. The molecule has 0 saturated heterocycles. The van der Waals surface area contributed by atoms with Gasteiger partial charge in [-0.05, 0) is 24.6 Å². The van der Waals surface area contributed by atoms with E-state index >= 15 is 0 Å². The fourth-order valence-electron chi connectivity index (χ4n) is 2.25. The van der Waals surface area contributed by atoms with E-state index in [0.29, 0.717) is 11.3 Å². The van der Waals surface area contributed by atoms with Gasteiger partial charge in [0.15, 0.2) is 5.16 Å². The molecule has 1 aromatic heterocycles. The van der Waals surface area contributed by atoms with E-state index in [1.54, 1.807) is 6.07 Å². The van der Waals surface area contributed by atoms with Crippen LogP contribution in [-0.2, 0) is 21.4 Å². The number of imidazole rings is 1. The van der Waals surface area contributed by atoms with Crippen LogP contribution >= 0.6 is 11.8 Å². The molecule has 2 N–H and O–H groups in total. The second kappa shape index (κ2) is 7.47. The maximum absolute atomic E-state index is 12.2. The number of rotatable bonds is 7. The van der Waals surface area contributed by atoms with Crippen molar-refractivity contribution in [2.24, 2.45) is 10.6 Å². The second-order valence-electron chi connectivity index (χ2n) is 7.06. The normalized spacial score (nSPS) is 12.7. The van der Waals surface area contributed by atoms with Gasteiger partial charge >= 0.3 is 0 Å². The molecule has 138 valence electrons. The Morgan fingerprint density at radius 2 is 2.00 bits per heavy atom. The molecule has 0 radical (unpaired) electrons. The summed E-state index contributed by atoms with van der Waals surface area (Å²) in [4.78, 5) is 16.8. The molecule has 2 aromatic rings. The van der Waals surface area contributed by atoms with Crippen LogP contribution in [0.5, 0.6) is 0 Å². The lowest BCUT2D eigenvalue weighted by molar-refractivity contribution is -0.123. The lowest BCUT2D eigenvalue weighted by Crippen LogP contribution is -2.22. The average Bonchev–Trinajstić information content (AvgIpc) is 2.85. The summed E-state index contributed by atoms with van der Waals surface area (Å²) in [5, 5.41) is 5.94. The van der Waals surface area contributed by atoms with E-state index in [1.165, 1.54) is 23.9 Å². The number of hydrogen-bond acceptors (Lipinski definition) is 5. The van der Waals surface area contributed by atoms with Crippen LogP contribution in [0.4, 0.5) is 0 Å². The molecule has 0 spiro atoms. The Hall–Kier alpha value is -1.38. The van der Waals surface area contributed by atoms with E-state index < -0.39 is 15.4 Å². The molecule has 0 amide bonds. The van der Waals surface area contributed by atoms with E-state index in [1.807, 2.05) is 25.3 Å². The fraction of sp³-hybridized carbons (Fsp3) is 0.529. The molecule has 0 unspecified atom stereocenters. The predicted octanol–water partition coefficient (Wildman–Crippen LogP) is 3.19. The number of aryl methyl sites for hydroxylation is 1. The number of unbranched alkanes of at least 4 members (excludes halogenated alkanes) is 1. The van der Waals surface area contributed by atoms with Crippen molar-refractivity contribution >= 4 is 38.6 Å². The van der Waals surface area contributed by atoms with Crippen LogP contribution in [-0.4, -0.2) is 29.5 Å². The molecule has 0 bridgehead atoms. The summed E-state index contributed by atoms with van der Waals surface area (Å²) in [6, 6.07) is 4.71. The number of nitrogens with zero attached hydrogens (tertiary/aromatic N) is 2. The summed E-state index contributed by atoms with van der Waals surface area (Å²) < 4.78 is 25.2. The van der Waals surface area contributed by atoms with E-state index in [0.717, 1.165) is 30.1 Å². The van der Waals surface area contributed by atoms with E-state index in [9.17, 15) is 13.2 Å². The molecular weight excluding hydrogens is 358 g/mol. The monoisotopic (exact) mass is 383 g/mol. The summed E-state index contributed by atoms with van der Waals surface area (Å²) in [7, 11) is -3.77. The maximum Gasteiger partial charge on any atom is 0.238 e. The molecule has 1 aromatic carbocycles. The molecule has 0 fully saturated rings. The van der Waals surface area contributed by atoms with Crippen molar-refractivity contribution in [2.45, 2.75) is 57.1 Å². The molecule has 0 aliphatic carbocycles. The van der Waals surface area contributed by atoms with Gasteiger partial charge in [0.25, 0.3) is 0 Å². The van der Waals surface area contributed by atoms with E-state index in [-0.39, 0.29) is 10.7 Å². The average molecular weight is 384 g/mol. The number of fused-ring (bicyclic) bond motifs is 1. The first-order valence-corrected chi connectivity index (χ1v) is 10.8. The summed E-state index contributed by atoms with van der Waals surface area (Å²) in [6.45, 7) is 8.57. The smallest absolute Gasteiger partial charge is 0.238 e. The molecule has 0 atom stereocenters. The molecule has 0 aliphatic heterocycles. The SMILES string of the molecule is CCCCn1c(SCC(=O)C(C)(C)C)nc2cc(S(N)(=O)=O)ccc21. The molecule has 6 nitrogen and oxygen atoms in total. The van der Waals surface area contributed by atoms with Gasteiger partial charge < -0.3 is 4.57 Å². The van der Waals surface area contributed by atoms with Gasteiger partial charge in [-0.3, -0.25) is 4.79 Å². The van der Waals surface area contributed by atoms with Crippen molar-refractivity contribution in [2.75, 3.05) is 5.75 Å². The Kier molecular flexibility index (Phi) is 5.96. The van der Waals surface area contributed by atoms with Crippen LogP contribution in [0.3, 0.4) is 0 Å². The van der Waals surface area contributed by atoms with Crippen LogP contribution in [0, 0.1) is 5.41 Å². The minimum atomic E-state index is -3.77. The Bertz CT molecular complexity index is 880. The van der Waals surface area contributed by atoms with E-state index in [4.69, 9.17) is 5.14 Å². The molecule has 0 saturated carbocycles. The number of thioether (sulfide) groups is 1. The van der Waals surface area contributed by atoms with Crippen LogP contribution in [0.1, 0.15) is 40.5 Å². The summed E-state index contributed by atoms with van der Waals surface area (Å²) in [6.07, 6.45) is 2.00. The number of nitrogens with two attached hydrogens (primary N) is 1. The lowest BCUT2D eigenvalue weighted by atomic mass is 9.92. The van der Waals surface area contributed by atoms with E-state index in [2.05, 4.69) is 11.9 Å². The third-order valence-electron chi connectivity index (χ3n) is 3.92. The number of carbonyl (C=O) groups is 1. The van der Waals surface area contributed by atoms with Crippen LogP contribution in [0.15, 0.2) is 28.3 Å². The van der Waals surface area contributed by atoms with Gasteiger partial charge in [-0.1, -0.05) is 45.9 Å². The molecule has 2 rings (SSSR count). The zero-order valence-corrected chi connectivity index (χ0v) is 16.7. The number of primary sulfonamides is 1. The van der Waals surface area contributed by atoms with Gasteiger partial charge in [0, 0.05) is 12.0 Å². The van der Waals surface area contributed by atoms with Gasteiger partial charge in [0.1, 0.15) is 5.78 Å². The first kappa shape index (κ1) is 19.9. The highest BCUT2D eigenvalue weighted by Gasteiger charge is 2.22. The van der Waals surface area contributed by atoms with Crippen molar-refractivity contribution in [3.8, 4) is 0 Å². The van der Waals surface area contributed by atoms with Crippen molar-refractivity contribution in [3.63, 3.8) is 0 Å². The van der Waals surface area contributed by atoms with Crippen LogP contribution in [0.25, 0.3) is 11.0 Å². The Morgan fingerprint density at radius 3 is 2.56 bits per heavy atom. The highest BCUT2D eigenvalue weighted by atomic mass is 32.2. The van der Waals surface area contributed by atoms with Crippen LogP contribution in [0.2, 0.25) is 0 Å². The minimum absolute atomic E-state index is 0.0439. The minimum Gasteiger partial charge on any atom is -0.319 e. The van der Waals surface area contributed by atoms with Crippen molar-refractivity contribution < 1.29 is 13.2 Å². The number of benzene rings is 1. The van der Waals surface area contributed by atoms with Crippen molar-refractivity contribution in [1.29, 1.82) is 0 Å². The number of carbonyl (C=O) groups excluding carboxylic acids is 1. The Morgan fingerprint density at radius 1 is 1.32 bits per heavy atom. The molecule has 1 heterocycles. The number of Topliss-reactive ketones (excluding diaryl/α,β-unsaturated/α-hetero) is 1. The first-order valence-electron chi connectivity index (χ1n) is 8.23. The summed E-state index contributed by atoms with van der Waals surface area (Å²) in [5.74, 6) is 0.484. The fourth-order valence-corrected chi connectivity index (χ4v) is 3.99. The van der Waals surface area contributed by atoms with Crippen molar-refractivity contribution in [1.82, 2.24) is 9.55 Å². The van der Waals surface area contributed by atoms with Gasteiger partial charge in [0.2, 0.25) is 10.0 Å². The van der Waals surface area contributed by atoms with Crippen LogP contribution < -0.4 is 5.14 Å². The Labute approximate surface area is 153 Å². The molecule has 0 aliphatic rings. The summed E-state index contributed by atoms with van der Waals surface area (Å²) in [5.41, 5.74) is 1.04. The first-order chi connectivity index (χ1) is 11.5. The lowest BCUT2D eigenvalue weighted by Gasteiger charge is -2.16. The zero-order chi connectivity index (χ0) is 18.8. The largest absolute Gasteiger partial charge is 0.319 e.